The van der Waals surface area contributed by atoms with Crippen LogP contribution in [-0.4, -0.2) is 18.9 Å². The number of carbonyl (C=O) groups is 2. The van der Waals surface area contributed by atoms with Crippen LogP contribution in [0.4, 0.5) is 11.4 Å². The van der Waals surface area contributed by atoms with E-state index >= 15 is 0 Å². The predicted octanol–water partition coefficient (Wildman–Crippen LogP) is 3.15. The monoisotopic (exact) mass is 280 g/mol. The summed E-state index contributed by atoms with van der Waals surface area (Å²) in [5, 5.41) is 2.97. The van der Waals surface area contributed by atoms with Crippen LogP contribution in [0, 0.1) is 13.8 Å². The molecule has 2 aromatic rings. The molecule has 0 spiro atoms. The Kier molecular flexibility index (Phi) is 3.01. The summed E-state index contributed by atoms with van der Waals surface area (Å²) >= 11 is 0. The second-order valence-electron chi connectivity index (χ2n) is 5.27. The van der Waals surface area contributed by atoms with E-state index in [1.807, 2.05) is 32.0 Å². The Hall–Kier alpha value is -2.62. The average molecular weight is 280 g/mol. The molecule has 0 saturated carbocycles. The molecule has 2 aromatic carbocycles. The Morgan fingerprint density at radius 1 is 0.952 bits per heavy atom. The van der Waals surface area contributed by atoms with Gasteiger partial charge in [0.25, 0.3) is 11.8 Å². The van der Waals surface area contributed by atoms with Crippen molar-refractivity contribution in [3.63, 3.8) is 0 Å². The first-order valence-corrected chi connectivity index (χ1v) is 6.81. The van der Waals surface area contributed by atoms with Gasteiger partial charge in [0, 0.05) is 12.7 Å². The fourth-order valence-corrected chi connectivity index (χ4v) is 2.81. The number of nitrogens with one attached hydrogen (secondary N) is 1. The number of rotatable bonds is 2. The molecule has 1 N–H and O–H groups in total. The zero-order valence-corrected chi connectivity index (χ0v) is 12.2. The van der Waals surface area contributed by atoms with Gasteiger partial charge in [0.1, 0.15) is 0 Å². The molecule has 4 nitrogen and oxygen atoms in total. The Bertz CT molecular complexity index is 745. The van der Waals surface area contributed by atoms with Gasteiger partial charge in [-0.3, -0.25) is 9.59 Å². The third-order valence-corrected chi connectivity index (χ3v) is 3.65. The van der Waals surface area contributed by atoms with Crippen molar-refractivity contribution in [2.75, 3.05) is 17.3 Å². The van der Waals surface area contributed by atoms with Gasteiger partial charge in [-0.15, -0.1) is 0 Å². The van der Waals surface area contributed by atoms with E-state index in [4.69, 9.17) is 0 Å². The molecule has 0 bridgehead atoms. The number of benzene rings is 2. The number of aryl methyl sites for hydroxylation is 2. The molecular weight excluding hydrogens is 264 g/mol. The van der Waals surface area contributed by atoms with Crippen LogP contribution in [0.3, 0.4) is 0 Å². The lowest BCUT2D eigenvalue weighted by Crippen LogP contribution is -2.29. The SMILES string of the molecule is CNc1cccc2c1C(=O)N(c1cc(C)cc(C)c1)C2=O. The number of hydrogen-bond donors (Lipinski definition) is 1. The van der Waals surface area contributed by atoms with Crippen molar-refractivity contribution in [3.05, 3.63) is 58.7 Å². The molecule has 1 aliphatic rings. The standard InChI is InChI=1S/C17H16N2O2/c1-10-7-11(2)9-12(8-10)19-16(20)13-5-4-6-14(18-3)15(13)17(19)21/h4-9,18H,1-3H3. The van der Waals surface area contributed by atoms with E-state index < -0.39 is 0 Å². The van der Waals surface area contributed by atoms with Gasteiger partial charge in [0.05, 0.1) is 16.8 Å². The first kappa shape index (κ1) is 13.4. The lowest BCUT2D eigenvalue weighted by atomic mass is 10.1. The van der Waals surface area contributed by atoms with Crippen LogP contribution in [0.15, 0.2) is 36.4 Å². The van der Waals surface area contributed by atoms with Crippen LogP contribution in [0.1, 0.15) is 31.8 Å². The number of nitrogens with zero attached hydrogens (tertiary/aromatic N) is 1. The highest BCUT2D eigenvalue weighted by Crippen LogP contribution is 2.33. The van der Waals surface area contributed by atoms with Gasteiger partial charge < -0.3 is 5.32 Å². The molecule has 4 heteroatoms. The van der Waals surface area contributed by atoms with Crippen molar-refractivity contribution in [1.82, 2.24) is 0 Å². The molecule has 21 heavy (non-hydrogen) atoms. The number of carbonyl (C=O) groups excluding carboxylic acids is 2. The van der Waals surface area contributed by atoms with Crippen molar-refractivity contribution >= 4 is 23.2 Å². The summed E-state index contributed by atoms with van der Waals surface area (Å²) in [6.45, 7) is 3.90. The Morgan fingerprint density at radius 2 is 1.62 bits per heavy atom. The maximum Gasteiger partial charge on any atom is 0.268 e. The van der Waals surface area contributed by atoms with Gasteiger partial charge in [-0.05, 0) is 49.2 Å². The largest absolute Gasteiger partial charge is 0.387 e. The average Bonchev–Trinajstić information content (AvgIpc) is 2.70. The van der Waals surface area contributed by atoms with E-state index in [1.54, 1.807) is 25.2 Å². The highest BCUT2D eigenvalue weighted by molar-refractivity contribution is 6.36. The fraction of sp³-hybridized carbons (Fsp3) is 0.176. The maximum atomic E-state index is 12.7. The zero-order chi connectivity index (χ0) is 15.1. The van der Waals surface area contributed by atoms with Crippen LogP contribution < -0.4 is 10.2 Å². The van der Waals surface area contributed by atoms with Crippen LogP contribution in [-0.2, 0) is 0 Å². The Morgan fingerprint density at radius 3 is 2.24 bits per heavy atom. The fourth-order valence-electron chi connectivity index (χ4n) is 2.81. The van der Waals surface area contributed by atoms with Crippen LogP contribution in [0.5, 0.6) is 0 Å². The molecule has 3 rings (SSSR count). The predicted molar refractivity (Wildman–Crippen MR) is 83.0 cm³/mol. The van der Waals surface area contributed by atoms with Crippen LogP contribution in [0.25, 0.3) is 0 Å². The molecule has 0 radical (unpaired) electrons. The van der Waals surface area contributed by atoms with Crippen LogP contribution >= 0.6 is 0 Å². The lowest BCUT2D eigenvalue weighted by molar-refractivity contribution is 0.0926. The molecule has 0 atom stereocenters. The van der Waals surface area contributed by atoms with E-state index in [0.29, 0.717) is 22.5 Å². The van der Waals surface area contributed by atoms with Gasteiger partial charge in [-0.1, -0.05) is 12.1 Å². The molecule has 0 fully saturated rings. The summed E-state index contributed by atoms with van der Waals surface area (Å²) in [4.78, 5) is 26.5. The number of hydrogen-bond acceptors (Lipinski definition) is 3. The molecule has 106 valence electrons. The quantitative estimate of drug-likeness (QED) is 0.860. The molecule has 0 aliphatic carbocycles. The topological polar surface area (TPSA) is 49.4 Å². The molecule has 2 amide bonds. The number of fused-ring (bicyclic) bond motifs is 1. The third-order valence-electron chi connectivity index (χ3n) is 3.65. The van der Waals surface area contributed by atoms with Crippen molar-refractivity contribution in [3.8, 4) is 0 Å². The molecule has 1 heterocycles. The van der Waals surface area contributed by atoms with E-state index in [-0.39, 0.29) is 11.8 Å². The summed E-state index contributed by atoms with van der Waals surface area (Å²) in [5.41, 5.74) is 4.25. The first-order chi connectivity index (χ1) is 10.0. The van der Waals surface area contributed by atoms with E-state index in [0.717, 1.165) is 11.1 Å². The van der Waals surface area contributed by atoms with Gasteiger partial charge in [0.15, 0.2) is 0 Å². The molecule has 0 saturated heterocycles. The smallest absolute Gasteiger partial charge is 0.268 e. The summed E-state index contributed by atoms with van der Waals surface area (Å²) < 4.78 is 0. The van der Waals surface area contributed by atoms with Crippen molar-refractivity contribution in [2.24, 2.45) is 0 Å². The highest BCUT2D eigenvalue weighted by atomic mass is 16.2. The minimum atomic E-state index is -0.273. The molecule has 0 aromatic heterocycles. The maximum absolute atomic E-state index is 12.7. The van der Waals surface area contributed by atoms with Crippen molar-refractivity contribution < 1.29 is 9.59 Å². The highest BCUT2D eigenvalue weighted by Gasteiger charge is 2.38. The third kappa shape index (κ3) is 2.00. The molecule has 1 aliphatic heterocycles. The number of anilines is 2. The minimum Gasteiger partial charge on any atom is -0.387 e. The second-order valence-corrected chi connectivity index (χ2v) is 5.27. The Balaban J connectivity index is 2.16. The summed E-state index contributed by atoms with van der Waals surface area (Å²) in [5.74, 6) is -0.540. The Labute approximate surface area is 123 Å². The lowest BCUT2D eigenvalue weighted by Gasteiger charge is -2.15. The van der Waals surface area contributed by atoms with Crippen LogP contribution in [0.2, 0.25) is 0 Å². The van der Waals surface area contributed by atoms with Gasteiger partial charge >= 0.3 is 0 Å². The summed E-state index contributed by atoms with van der Waals surface area (Å²) in [6, 6.07) is 11.0. The number of amides is 2. The van der Waals surface area contributed by atoms with Gasteiger partial charge in [0.2, 0.25) is 0 Å². The van der Waals surface area contributed by atoms with E-state index in [2.05, 4.69) is 5.32 Å². The van der Waals surface area contributed by atoms with Gasteiger partial charge in [-0.2, -0.15) is 0 Å². The summed E-state index contributed by atoms with van der Waals surface area (Å²) in [7, 11) is 1.74. The number of imide groups is 1. The minimum absolute atomic E-state index is 0.267. The normalized spacial score (nSPS) is 13.6. The van der Waals surface area contributed by atoms with Crippen molar-refractivity contribution in [1.29, 1.82) is 0 Å². The zero-order valence-electron chi connectivity index (χ0n) is 12.2. The van der Waals surface area contributed by atoms with Crippen molar-refractivity contribution in [2.45, 2.75) is 13.8 Å². The summed E-state index contributed by atoms with van der Waals surface area (Å²) in [6.07, 6.45) is 0. The second kappa shape index (κ2) is 4.74. The van der Waals surface area contributed by atoms with E-state index in [1.165, 1.54) is 4.90 Å². The molecular formula is C17H16N2O2. The molecule has 0 unspecified atom stereocenters. The first-order valence-electron chi connectivity index (χ1n) is 6.81. The van der Waals surface area contributed by atoms with Gasteiger partial charge in [-0.25, -0.2) is 4.90 Å². The van der Waals surface area contributed by atoms with E-state index in [9.17, 15) is 9.59 Å².